The Morgan fingerprint density at radius 1 is 1.38 bits per heavy atom. The van der Waals surface area contributed by atoms with E-state index in [9.17, 15) is 4.79 Å². The van der Waals surface area contributed by atoms with E-state index in [0.29, 0.717) is 13.2 Å². The second-order valence-corrected chi connectivity index (χ2v) is 4.69. The molecule has 1 atom stereocenters. The standard InChI is InChI=1S/C15H20N4O2/c1-3-19-11-17-18-14(19)9-16-15(20)12(2)21-10-13-7-5-4-6-8-13/h4-8,11-12H,3,9-10H2,1-2H3,(H,16,20)/t12-/m0/s1. The molecule has 0 fully saturated rings. The van der Waals surface area contributed by atoms with Crippen LogP contribution in [-0.4, -0.2) is 26.8 Å². The number of carbonyl (C=O) groups excluding carboxylic acids is 1. The van der Waals surface area contributed by atoms with Gasteiger partial charge in [-0.1, -0.05) is 30.3 Å². The molecule has 0 bridgehead atoms. The minimum Gasteiger partial charge on any atom is -0.364 e. The van der Waals surface area contributed by atoms with Gasteiger partial charge in [0, 0.05) is 6.54 Å². The number of benzene rings is 1. The van der Waals surface area contributed by atoms with Crippen LogP contribution in [0.3, 0.4) is 0 Å². The number of nitrogens with zero attached hydrogens (tertiary/aromatic N) is 3. The van der Waals surface area contributed by atoms with Gasteiger partial charge >= 0.3 is 0 Å². The summed E-state index contributed by atoms with van der Waals surface area (Å²) in [6.07, 6.45) is 1.14. The second-order valence-electron chi connectivity index (χ2n) is 4.69. The third kappa shape index (κ3) is 4.39. The number of amides is 1. The Morgan fingerprint density at radius 3 is 2.86 bits per heavy atom. The summed E-state index contributed by atoms with van der Waals surface area (Å²) < 4.78 is 7.45. The highest BCUT2D eigenvalue weighted by atomic mass is 16.5. The molecule has 0 aliphatic rings. The van der Waals surface area contributed by atoms with Crippen LogP contribution in [0.25, 0.3) is 0 Å². The molecule has 6 heteroatoms. The van der Waals surface area contributed by atoms with Crippen molar-refractivity contribution in [2.45, 2.75) is 39.6 Å². The average Bonchev–Trinajstić information content (AvgIpc) is 2.98. The first-order chi connectivity index (χ1) is 10.2. The Bertz CT molecular complexity index is 568. The number of ether oxygens (including phenoxy) is 1. The molecule has 0 spiro atoms. The maximum Gasteiger partial charge on any atom is 0.249 e. The van der Waals surface area contributed by atoms with Crippen molar-refractivity contribution < 1.29 is 9.53 Å². The summed E-state index contributed by atoms with van der Waals surface area (Å²) in [4.78, 5) is 12.0. The van der Waals surface area contributed by atoms with Crippen molar-refractivity contribution in [3.05, 3.63) is 48.0 Å². The maximum absolute atomic E-state index is 12.0. The van der Waals surface area contributed by atoms with Crippen molar-refractivity contribution in [2.24, 2.45) is 0 Å². The Labute approximate surface area is 124 Å². The maximum atomic E-state index is 12.0. The van der Waals surface area contributed by atoms with Gasteiger partial charge in [0.2, 0.25) is 5.91 Å². The molecule has 0 aliphatic heterocycles. The first-order valence-electron chi connectivity index (χ1n) is 7.00. The van der Waals surface area contributed by atoms with Crippen molar-refractivity contribution in [1.82, 2.24) is 20.1 Å². The molecule has 1 N–H and O–H groups in total. The highest BCUT2D eigenvalue weighted by molar-refractivity contribution is 5.80. The summed E-state index contributed by atoms with van der Waals surface area (Å²) >= 11 is 0. The van der Waals surface area contributed by atoms with Crippen molar-refractivity contribution in [2.75, 3.05) is 0 Å². The Balaban J connectivity index is 1.77. The summed E-state index contributed by atoms with van der Waals surface area (Å²) in [5, 5.41) is 10.6. The smallest absolute Gasteiger partial charge is 0.249 e. The molecule has 2 aromatic rings. The predicted octanol–water partition coefficient (Wildman–Crippen LogP) is 1.52. The van der Waals surface area contributed by atoms with Crippen LogP contribution in [0.2, 0.25) is 0 Å². The van der Waals surface area contributed by atoms with Gasteiger partial charge in [0.1, 0.15) is 12.4 Å². The van der Waals surface area contributed by atoms with Crippen LogP contribution in [0.15, 0.2) is 36.7 Å². The normalized spacial score (nSPS) is 12.1. The topological polar surface area (TPSA) is 69.0 Å². The molecule has 6 nitrogen and oxygen atoms in total. The molecule has 0 radical (unpaired) electrons. The van der Waals surface area contributed by atoms with Gasteiger partial charge in [0.15, 0.2) is 5.82 Å². The number of carbonyl (C=O) groups is 1. The van der Waals surface area contributed by atoms with Crippen LogP contribution < -0.4 is 5.32 Å². The zero-order valence-electron chi connectivity index (χ0n) is 12.3. The van der Waals surface area contributed by atoms with Gasteiger partial charge in [-0.15, -0.1) is 10.2 Å². The number of hydrogen-bond donors (Lipinski definition) is 1. The van der Waals surface area contributed by atoms with Crippen LogP contribution in [0.5, 0.6) is 0 Å². The van der Waals surface area contributed by atoms with E-state index in [1.807, 2.05) is 41.8 Å². The molecule has 1 aromatic carbocycles. The minimum absolute atomic E-state index is 0.156. The second kappa shape index (κ2) is 7.54. The zero-order chi connectivity index (χ0) is 15.1. The fourth-order valence-electron chi connectivity index (χ4n) is 1.86. The van der Waals surface area contributed by atoms with E-state index >= 15 is 0 Å². The van der Waals surface area contributed by atoms with Crippen LogP contribution in [0, 0.1) is 0 Å². The van der Waals surface area contributed by atoms with E-state index in [1.54, 1.807) is 13.3 Å². The number of hydrogen-bond acceptors (Lipinski definition) is 4. The lowest BCUT2D eigenvalue weighted by Crippen LogP contribution is -2.34. The van der Waals surface area contributed by atoms with Crippen molar-refractivity contribution in [1.29, 1.82) is 0 Å². The van der Waals surface area contributed by atoms with Gasteiger partial charge in [0.25, 0.3) is 0 Å². The van der Waals surface area contributed by atoms with Crippen LogP contribution >= 0.6 is 0 Å². The Morgan fingerprint density at radius 2 is 2.14 bits per heavy atom. The number of aromatic nitrogens is 3. The van der Waals surface area contributed by atoms with Crippen LogP contribution in [-0.2, 0) is 29.2 Å². The first kappa shape index (κ1) is 15.2. The van der Waals surface area contributed by atoms with E-state index in [2.05, 4.69) is 15.5 Å². The van der Waals surface area contributed by atoms with Gasteiger partial charge in [-0.25, -0.2) is 0 Å². The van der Waals surface area contributed by atoms with Gasteiger partial charge < -0.3 is 14.6 Å². The van der Waals surface area contributed by atoms with Crippen molar-refractivity contribution in [3.63, 3.8) is 0 Å². The van der Waals surface area contributed by atoms with Crippen molar-refractivity contribution >= 4 is 5.91 Å². The molecule has 0 saturated heterocycles. The van der Waals surface area contributed by atoms with Gasteiger partial charge in [-0.3, -0.25) is 4.79 Å². The summed E-state index contributed by atoms with van der Waals surface area (Å²) in [7, 11) is 0. The van der Waals surface area contributed by atoms with Crippen molar-refractivity contribution in [3.8, 4) is 0 Å². The van der Waals surface area contributed by atoms with Crippen LogP contribution in [0.1, 0.15) is 25.2 Å². The molecule has 2 rings (SSSR count). The summed E-state index contributed by atoms with van der Waals surface area (Å²) in [5.74, 6) is 0.581. The molecule has 1 aromatic heterocycles. The van der Waals surface area contributed by atoms with Crippen LogP contribution in [0.4, 0.5) is 0 Å². The molecule has 0 unspecified atom stereocenters. The third-order valence-electron chi connectivity index (χ3n) is 3.17. The molecule has 0 aliphatic carbocycles. The monoisotopic (exact) mass is 288 g/mol. The SMILES string of the molecule is CCn1cnnc1CNC(=O)[C@H](C)OCc1ccccc1. The number of nitrogens with one attached hydrogen (secondary N) is 1. The van der Waals surface area contributed by atoms with E-state index < -0.39 is 6.10 Å². The first-order valence-corrected chi connectivity index (χ1v) is 7.00. The molecule has 1 heterocycles. The van der Waals surface area contributed by atoms with E-state index in [0.717, 1.165) is 17.9 Å². The van der Waals surface area contributed by atoms with E-state index in [-0.39, 0.29) is 5.91 Å². The quantitative estimate of drug-likeness (QED) is 0.838. The van der Waals surface area contributed by atoms with E-state index in [4.69, 9.17) is 4.74 Å². The molecule has 1 amide bonds. The average molecular weight is 288 g/mol. The summed E-state index contributed by atoms with van der Waals surface area (Å²) in [6, 6.07) is 9.77. The summed E-state index contributed by atoms with van der Waals surface area (Å²) in [5.41, 5.74) is 1.04. The number of rotatable bonds is 7. The Hall–Kier alpha value is -2.21. The van der Waals surface area contributed by atoms with E-state index in [1.165, 1.54) is 0 Å². The highest BCUT2D eigenvalue weighted by Gasteiger charge is 2.14. The Kier molecular flexibility index (Phi) is 5.45. The lowest BCUT2D eigenvalue weighted by atomic mass is 10.2. The third-order valence-corrected chi connectivity index (χ3v) is 3.17. The predicted molar refractivity (Wildman–Crippen MR) is 78.2 cm³/mol. The largest absolute Gasteiger partial charge is 0.364 e. The highest BCUT2D eigenvalue weighted by Crippen LogP contribution is 2.03. The lowest BCUT2D eigenvalue weighted by Gasteiger charge is -2.13. The molecule has 0 saturated carbocycles. The van der Waals surface area contributed by atoms with Gasteiger partial charge in [0.05, 0.1) is 13.2 Å². The zero-order valence-corrected chi connectivity index (χ0v) is 12.3. The fraction of sp³-hybridized carbons (Fsp3) is 0.400. The molecular formula is C15H20N4O2. The molecule has 21 heavy (non-hydrogen) atoms. The van der Waals surface area contributed by atoms with Gasteiger partial charge in [-0.05, 0) is 19.4 Å². The lowest BCUT2D eigenvalue weighted by molar-refractivity contribution is -0.132. The minimum atomic E-state index is -0.511. The fourth-order valence-corrected chi connectivity index (χ4v) is 1.86. The van der Waals surface area contributed by atoms with Gasteiger partial charge in [-0.2, -0.15) is 0 Å². The summed E-state index contributed by atoms with van der Waals surface area (Å²) in [6.45, 7) is 5.29. The molecular weight excluding hydrogens is 268 g/mol. The molecule has 112 valence electrons. The number of aryl methyl sites for hydroxylation is 1.